The molecule has 0 aromatic heterocycles. The number of aliphatic hydroxyl groups excluding tert-OH is 3. The molecular weight excluding hydrogens is 608 g/mol. The van der Waals surface area contributed by atoms with Gasteiger partial charge in [0.15, 0.2) is 6.10 Å². The van der Waals surface area contributed by atoms with Crippen LogP contribution in [0.3, 0.4) is 0 Å². The highest BCUT2D eigenvalue weighted by Crippen LogP contribution is 2.34. The van der Waals surface area contributed by atoms with E-state index in [9.17, 15) is 29.7 Å². The summed E-state index contributed by atoms with van der Waals surface area (Å²) in [5, 5.41) is 30.2. The summed E-state index contributed by atoms with van der Waals surface area (Å²) in [7, 11) is 0. The van der Waals surface area contributed by atoms with Gasteiger partial charge < -0.3 is 24.8 Å². The van der Waals surface area contributed by atoms with Crippen LogP contribution >= 0.6 is 0 Å². The Hall–Kier alpha value is -1.77. The monoisotopic (exact) mass is 681 g/mol. The van der Waals surface area contributed by atoms with E-state index in [4.69, 9.17) is 9.47 Å². The number of Topliss-reactive ketones (excluding diaryl/α,β-unsaturated/α-hetero) is 1. The van der Waals surface area contributed by atoms with Crippen molar-refractivity contribution in [1.29, 1.82) is 0 Å². The Labute approximate surface area is 292 Å². The van der Waals surface area contributed by atoms with Gasteiger partial charge in [-0.1, -0.05) is 148 Å². The molecule has 0 radical (unpaired) electrons. The van der Waals surface area contributed by atoms with Crippen LogP contribution in [0.5, 0.6) is 0 Å². The first-order valence-corrected chi connectivity index (χ1v) is 19.8. The number of rotatable bonds is 32. The van der Waals surface area contributed by atoms with E-state index < -0.39 is 18.3 Å². The molecule has 3 N–H and O–H groups in total. The van der Waals surface area contributed by atoms with Crippen LogP contribution in [-0.4, -0.2) is 64.6 Å². The summed E-state index contributed by atoms with van der Waals surface area (Å²) < 4.78 is 10.6. The van der Waals surface area contributed by atoms with Crippen LogP contribution in [0.25, 0.3) is 0 Å². The van der Waals surface area contributed by atoms with Gasteiger partial charge in [0, 0.05) is 31.1 Å². The predicted octanol–water partition coefficient (Wildman–Crippen LogP) is 8.71. The predicted molar refractivity (Wildman–Crippen MR) is 192 cm³/mol. The second-order valence-electron chi connectivity index (χ2n) is 14.1. The van der Waals surface area contributed by atoms with Crippen molar-refractivity contribution in [2.24, 2.45) is 11.8 Å². The summed E-state index contributed by atoms with van der Waals surface area (Å²) in [5.74, 6) is -1.14. The average Bonchev–Trinajstić information content (AvgIpc) is 3.34. The lowest BCUT2D eigenvalue weighted by atomic mass is 9.88. The summed E-state index contributed by atoms with van der Waals surface area (Å²) in [6, 6.07) is 0. The van der Waals surface area contributed by atoms with E-state index in [2.05, 4.69) is 13.8 Å². The van der Waals surface area contributed by atoms with Gasteiger partial charge in [-0.25, -0.2) is 0 Å². The minimum atomic E-state index is -0.841. The Kier molecular flexibility index (Phi) is 27.7. The molecule has 0 unspecified atom stereocenters. The van der Waals surface area contributed by atoms with Crippen molar-refractivity contribution >= 4 is 17.7 Å². The molecule has 1 rings (SSSR count). The number of aliphatic hydroxyl groups is 3. The summed E-state index contributed by atoms with van der Waals surface area (Å²) in [6.07, 6.45) is 27.4. The van der Waals surface area contributed by atoms with Crippen LogP contribution in [0.4, 0.5) is 0 Å². The first kappa shape index (κ1) is 44.3. The van der Waals surface area contributed by atoms with Gasteiger partial charge in [-0.3, -0.25) is 14.4 Å². The molecule has 0 aromatic rings. The highest BCUT2D eigenvalue weighted by Gasteiger charge is 2.39. The van der Waals surface area contributed by atoms with E-state index in [0.29, 0.717) is 25.7 Å². The molecule has 48 heavy (non-hydrogen) atoms. The van der Waals surface area contributed by atoms with Crippen molar-refractivity contribution in [2.75, 3.05) is 13.2 Å². The third kappa shape index (κ3) is 22.8. The van der Waals surface area contributed by atoms with E-state index in [1.807, 2.05) is 6.08 Å². The van der Waals surface area contributed by atoms with Crippen LogP contribution < -0.4 is 0 Å². The molecule has 8 heteroatoms. The first-order valence-electron chi connectivity index (χ1n) is 19.8. The van der Waals surface area contributed by atoms with Gasteiger partial charge >= 0.3 is 11.9 Å². The highest BCUT2D eigenvalue weighted by molar-refractivity contribution is 5.84. The Balaban J connectivity index is 2.08. The smallest absolute Gasteiger partial charge is 0.306 e. The van der Waals surface area contributed by atoms with Crippen LogP contribution in [0.1, 0.15) is 181 Å². The Morgan fingerprint density at radius 1 is 0.750 bits per heavy atom. The molecular formula is C40H72O8. The summed E-state index contributed by atoms with van der Waals surface area (Å²) in [5.41, 5.74) is 0. The number of ether oxygens (including phenoxy) is 2. The van der Waals surface area contributed by atoms with Crippen molar-refractivity contribution in [3.05, 3.63) is 12.2 Å². The normalized spacial score (nSPS) is 19.2. The van der Waals surface area contributed by atoms with Crippen molar-refractivity contribution in [1.82, 2.24) is 0 Å². The largest absolute Gasteiger partial charge is 0.462 e. The number of carbonyl (C=O) groups is 3. The quantitative estimate of drug-likeness (QED) is 0.0365. The molecule has 1 aliphatic rings. The molecule has 0 spiro atoms. The van der Waals surface area contributed by atoms with Crippen molar-refractivity contribution in [2.45, 2.75) is 199 Å². The van der Waals surface area contributed by atoms with E-state index in [-0.39, 0.29) is 55.6 Å². The molecule has 5 atom stereocenters. The number of ketones is 1. The number of hydrogen-bond donors (Lipinski definition) is 3. The molecule has 0 bridgehead atoms. The summed E-state index contributed by atoms with van der Waals surface area (Å²) in [6.45, 7) is 3.84. The van der Waals surface area contributed by atoms with Crippen molar-refractivity contribution < 1.29 is 39.2 Å². The van der Waals surface area contributed by atoms with Crippen LogP contribution in [-0.2, 0) is 23.9 Å². The van der Waals surface area contributed by atoms with Gasteiger partial charge in [-0.15, -0.1) is 0 Å². The number of hydrogen-bond acceptors (Lipinski definition) is 8. The molecule has 0 saturated heterocycles. The zero-order valence-corrected chi connectivity index (χ0v) is 30.7. The zero-order valence-electron chi connectivity index (χ0n) is 30.7. The maximum Gasteiger partial charge on any atom is 0.306 e. The zero-order chi connectivity index (χ0) is 35.2. The van der Waals surface area contributed by atoms with E-state index in [0.717, 1.165) is 57.8 Å². The standard InChI is InChI=1S/C40H72O8/c1-3-5-7-8-9-10-11-12-13-14-15-16-17-23-27-40(46)48-34(31-41)32-47-39(45)26-22-19-18-21-25-35-36(38(44)30-37(35)43)29-28-33(42)24-20-6-4-2/h28-29,33-36,38,41-42,44H,3-27,30-32H2,1-2H3/b29-28+/t33-,34-,35+,36+,38+/m0/s1. The fraction of sp³-hybridized carbons (Fsp3) is 0.875. The van der Waals surface area contributed by atoms with Crippen LogP contribution in [0.2, 0.25) is 0 Å². The SMILES string of the molecule is CCCCCCCCCCCCCCCCC(=O)O[C@@H](CO)COC(=O)CCCCCC[C@H]1C(=O)C[C@@H](O)[C@@H]1/C=C/[C@@H](O)CCCCC. The van der Waals surface area contributed by atoms with Gasteiger partial charge in [-0.2, -0.15) is 0 Å². The van der Waals surface area contributed by atoms with E-state index >= 15 is 0 Å². The molecule has 8 nitrogen and oxygen atoms in total. The fourth-order valence-electron chi connectivity index (χ4n) is 6.63. The topological polar surface area (TPSA) is 130 Å². The molecule has 0 aromatic carbocycles. The molecule has 0 heterocycles. The fourth-order valence-corrected chi connectivity index (χ4v) is 6.63. The second kappa shape index (κ2) is 30.1. The maximum absolute atomic E-state index is 12.5. The lowest BCUT2D eigenvalue weighted by molar-refractivity contribution is -0.161. The van der Waals surface area contributed by atoms with E-state index in [1.165, 1.54) is 70.6 Å². The third-order valence-corrected chi connectivity index (χ3v) is 9.70. The maximum atomic E-state index is 12.5. The van der Waals surface area contributed by atoms with Gasteiger partial charge in [0.25, 0.3) is 0 Å². The molecule has 1 aliphatic carbocycles. The summed E-state index contributed by atoms with van der Waals surface area (Å²) in [4.78, 5) is 36.9. The van der Waals surface area contributed by atoms with Crippen LogP contribution in [0.15, 0.2) is 12.2 Å². The van der Waals surface area contributed by atoms with Gasteiger partial charge in [-0.05, 0) is 25.7 Å². The molecule has 280 valence electrons. The highest BCUT2D eigenvalue weighted by atomic mass is 16.6. The van der Waals surface area contributed by atoms with Gasteiger partial charge in [0.1, 0.15) is 12.4 Å². The average molecular weight is 681 g/mol. The number of unbranched alkanes of at least 4 members (excludes halogenated alkanes) is 18. The van der Waals surface area contributed by atoms with Crippen molar-refractivity contribution in [3.63, 3.8) is 0 Å². The van der Waals surface area contributed by atoms with Crippen LogP contribution in [0, 0.1) is 11.8 Å². The number of esters is 2. The van der Waals surface area contributed by atoms with E-state index in [1.54, 1.807) is 6.08 Å². The summed E-state index contributed by atoms with van der Waals surface area (Å²) >= 11 is 0. The Bertz CT molecular complexity index is 843. The molecule has 1 fully saturated rings. The Morgan fingerprint density at radius 2 is 1.25 bits per heavy atom. The second-order valence-corrected chi connectivity index (χ2v) is 14.1. The molecule has 1 saturated carbocycles. The van der Waals surface area contributed by atoms with Gasteiger partial charge in [0.2, 0.25) is 0 Å². The Morgan fingerprint density at radius 3 is 1.81 bits per heavy atom. The number of carbonyl (C=O) groups excluding carboxylic acids is 3. The first-order chi connectivity index (χ1) is 23.3. The van der Waals surface area contributed by atoms with Gasteiger partial charge in [0.05, 0.1) is 18.8 Å². The van der Waals surface area contributed by atoms with Crippen molar-refractivity contribution in [3.8, 4) is 0 Å². The molecule has 0 aliphatic heterocycles. The minimum absolute atomic E-state index is 0.0833. The lowest BCUT2D eigenvalue weighted by Gasteiger charge is -2.18. The minimum Gasteiger partial charge on any atom is -0.462 e. The lowest BCUT2D eigenvalue weighted by Crippen LogP contribution is -2.28. The molecule has 0 amide bonds. The third-order valence-electron chi connectivity index (χ3n) is 9.70.